The minimum absolute atomic E-state index is 0.125. The van der Waals surface area contributed by atoms with Crippen LogP contribution in [0.15, 0.2) is 12.1 Å². The van der Waals surface area contributed by atoms with E-state index >= 15 is 0 Å². The molecule has 0 unspecified atom stereocenters. The molecule has 2 N–H and O–H groups in total. The fraction of sp³-hybridized carbons (Fsp3) is 0.400. The Hall–Kier alpha value is -1.85. The van der Waals surface area contributed by atoms with Crippen LogP contribution in [-0.2, 0) is 10.2 Å². The molecule has 0 amide bonds. The first-order chi connectivity index (χ1) is 9.83. The van der Waals surface area contributed by atoms with Crippen LogP contribution in [0, 0.1) is 21.7 Å². The molecular weight excluding hydrogens is 310 g/mol. The molecule has 21 heavy (non-hydrogen) atoms. The van der Waals surface area contributed by atoms with Crippen molar-refractivity contribution in [3.05, 3.63) is 33.9 Å². The molecule has 0 aliphatic carbocycles. The van der Waals surface area contributed by atoms with Crippen molar-refractivity contribution >= 4 is 21.6 Å². The summed E-state index contributed by atoms with van der Waals surface area (Å²) in [6, 6.07) is 1.27. The van der Waals surface area contributed by atoms with E-state index in [0.29, 0.717) is 25.2 Å². The number of piperazine rings is 1. The molecule has 11 heteroatoms. The smallest absolute Gasteiger partial charge is 0.302 e. The Labute approximate surface area is 119 Å². The molecule has 8 nitrogen and oxygen atoms in total. The molecule has 1 fully saturated rings. The number of benzene rings is 1. The second kappa shape index (κ2) is 5.87. The van der Waals surface area contributed by atoms with Crippen molar-refractivity contribution in [1.29, 1.82) is 0 Å². The largest absolute Gasteiger partial charge is 0.314 e. The summed E-state index contributed by atoms with van der Waals surface area (Å²) in [7, 11) is -4.20. The van der Waals surface area contributed by atoms with Gasteiger partial charge in [0.1, 0.15) is 0 Å². The third-order valence-electron chi connectivity index (χ3n) is 2.92. The van der Waals surface area contributed by atoms with Crippen LogP contribution in [0.1, 0.15) is 0 Å². The molecule has 1 saturated heterocycles. The predicted molar refractivity (Wildman–Crippen MR) is 70.0 cm³/mol. The van der Waals surface area contributed by atoms with Gasteiger partial charge in [-0.3, -0.25) is 14.8 Å². The van der Waals surface area contributed by atoms with E-state index in [1.54, 1.807) is 4.72 Å². The normalized spacial score (nSPS) is 16.7. The molecule has 0 atom stereocenters. The number of rotatable bonds is 4. The first-order valence-corrected chi connectivity index (χ1v) is 7.38. The predicted octanol–water partition coefficient (Wildman–Crippen LogP) is 0.435. The monoisotopic (exact) mass is 322 g/mol. The lowest BCUT2D eigenvalue weighted by Gasteiger charge is -2.26. The van der Waals surface area contributed by atoms with Gasteiger partial charge in [0.05, 0.1) is 4.92 Å². The molecular formula is C10H12F2N4O4S. The van der Waals surface area contributed by atoms with Gasteiger partial charge in [0, 0.05) is 32.2 Å². The second-order valence-corrected chi connectivity index (χ2v) is 5.94. The van der Waals surface area contributed by atoms with E-state index in [1.165, 1.54) is 0 Å². The highest BCUT2D eigenvalue weighted by Gasteiger charge is 2.30. The minimum Gasteiger partial charge on any atom is -0.314 e. The number of nitrogens with zero attached hydrogens (tertiary/aromatic N) is 2. The number of halogens is 2. The zero-order chi connectivity index (χ0) is 15.6. The summed E-state index contributed by atoms with van der Waals surface area (Å²) in [5.74, 6) is -2.98. The summed E-state index contributed by atoms with van der Waals surface area (Å²) in [6.45, 7) is 1.05. The zero-order valence-corrected chi connectivity index (χ0v) is 11.5. The van der Waals surface area contributed by atoms with Crippen LogP contribution in [0.4, 0.5) is 20.2 Å². The molecule has 116 valence electrons. The first kappa shape index (κ1) is 15.5. The minimum atomic E-state index is -4.20. The third kappa shape index (κ3) is 3.25. The van der Waals surface area contributed by atoms with Crippen molar-refractivity contribution in [2.75, 3.05) is 30.9 Å². The highest BCUT2D eigenvalue weighted by atomic mass is 32.2. The number of anilines is 1. The summed E-state index contributed by atoms with van der Waals surface area (Å²) in [5, 5.41) is 13.7. The number of nitro benzene ring substituents is 1. The Morgan fingerprint density at radius 3 is 2.48 bits per heavy atom. The van der Waals surface area contributed by atoms with Crippen molar-refractivity contribution in [2.45, 2.75) is 0 Å². The highest BCUT2D eigenvalue weighted by Crippen LogP contribution is 2.30. The summed E-state index contributed by atoms with van der Waals surface area (Å²) >= 11 is 0. The summed E-state index contributed by atoms with van der Waals surface area (Å²) in [6.07, 6.45) is 0. The van der Waals surface area contributed by atoms with E-state index in [9.17, 15) is 27.3 Å². The van der Waals surface area contributed by atoms with Gasteiger partial charge in [0.2, 0.25) is 0 Å². The number of hydrogen-bond acceptors (Lipinski definition) is 5. The lowest BCUT2D eigenvalue weighted by Crippen LogP contribution is -2.48. The van der Waals surface area contributed by atoms with Gasteiger partial charge < -0.3 is 5.32 Å². The topological polar surface area (TPSA) is 105 Å². The number of hydrogen-bond donors (Lipinski definition) is 2. The van der Waals surface area contributed by atoms with E-state index in [-0.39, 0.29) is 13.1 Å². The van der Waals surface area contributed by atoms with Gasteiger partial charge in [-0.2, -0.15) is 12.7 Å². The number of nitro groups is 1. The van der Waals surface area contributed by atoms with Crippen molar-refractivity contribution in [3.63, 3.8) is 0 Å². The van der Waals surface area contributed by atoms with Crippen LogP contribution in [0.2, 0.25) is 0 Å². The van der Waals surface area contributed by atoms with Crippen LogP contribution >= 0.6 is 0 Å². The van der Waals surface area contributed by atoms with Gasteiger partial charge in [-0.25, -0.2) is 8.78 Å². The van der Waals surface area contributed by atoms with Gasteiger partial charge in [-0.15, -0.1) is 0 Å². The number of nitrogens with one attached hydrogen (secondary N) is 2. The lowest BCUT2D eigenvalue weighted by molar-refractivity contribution is -0.384. The standard InChI is InChI=1S/C10H12F2N4O4S/c11-7-1-2-8(16(17)18)10(9(7)12)14-21(19,20)15-5-3-13-4-6-15/h1-2,13-14H,3-6H2. The van der Waals surface area contributed by atoms with E-state index in [0.717, 1.165) is 4.31 Å². The molecule has 1 aromatic rings. The van der Waals surface area contributed by atoms with Crippen molar-refractivity contribution in [1.82, 2.24) is 9.62 Å². The Balaban J connectivity index is 2.38. The average molecular weight is 322 g/mol. The lowest BCUT2D eigenvalue weighted by atomic mass is 10.2. The molecule has 1 aliphatic rings. The van der Waals surface area contributed by atoms with Crippen LogP contribution in [0.5, 0.6) is 0 Å². The summed E-state index contributed by atoms with van der Waals surface area (Å²) < 4.78 is 53.8. The molecule has 0 aromatic heterocycles. The second-order valence-electron chi connectivity index (χ2n) is 4.27. The molecule has 1 heterocycles. The molecule has 0 spiro atoms. The molecule has 0 radical (unpaired) electrons. The van der Waals surface area contributed by atoms with Crippen molar-refractivity contribution in [2.24, 2.45) is 0 Å². The molecule has 1 aliphatic heterocycles. The Kier molecular flexibility index (Phi) is 4.34. The van der Waals surface area contributed by atoms with Gasteiger partial charge in [0.25, 0.3) is 5.69 Å². The van der Waals surface area contributed by atoms with Gasteiger partial charge >= 0.3 is 10.2 Å². The van der Waals surface area contributed by atoms with Gasteiger partial charge in [0.15, 0.2) is 17.3 Å². The van der Waals surface area contributed by atoms with Gasteiger partial charge in [-0.1, -0.05) is 0 Å². The van der Waals surface area contributed by atoms with E-state index < -0.39 is 38.1 Å². The SMILES string of the molecule is O=[N+]([O-])c1ccc(F)c(F)c1NS(=O)(=O)N1CCNCC1. The highest BCUT2D eigenvalue weighted by molar-refractivity contribution is 7.90. The Morgan fingerprint density at radius 1 is 1.29 bits per heavy atom. The molecule has 2 rings (SSSR count). The van der Waals surface area contributed by atoms with Crippen molar-refractivity contribution in [3.8, 4) is 0 Å². The van der Waals surface area contributed by atoms with Crippen LogP contribution in [0.25, 0.3) is 0 Å². The Bertz CT molecular complexity index is 661. The quantitative estimate of drug-likeness (QED) is 0.618. The summed E-state index contributed by atoms with van der Waals surface area (Å²) in [5.41, 5.74) is -1.86. The maximum Gasteiger partial charge on any atom is 0.302 e. The average Bonchev–Trinajstić information content (AvgIpc) is 2.44. The van der Waals surface area contributed by atoms with Crippen LogP contribution in [-0.4, -0.2) is 43.8 Å². The molecule has 0 bridgehead atoms. The van der Waals surface area contributed by atoms with Gasteiger partial charge in [-0.05, 0) is 6.07 Å². The van der Waals surface area contributed by atoms with Crippen LogP contribution in [0.3, 0.4) is 0 Å². The Morgan fingerprint density at radius 2 is 1.90 bits per heavy atom. The van der Waals surface area contributed by atoms with E-state index in [1.807, 2.05) is 0 Å². The van der Waals surface area contributed by atoms with Crippen LogP contribution < -0.4 is 10.0 Å². The molecule has 0 saturated carbocycles. The zero-order valence-electron chi connectivity index (χ0n) is 10.7. The van der Waals surface area contributed by atoms with E-state index in [2.05, 4.69) is 5.32 Å². The maximum atomic E-state index is 13.7. The third-order valence-corrected chi connectivity index (χ3v) is 4.42. The fourth-order valence-corrected chi connectivity index (χ4v) is 3.11. The fourth-order valence-electron chi connectivity index (χ4n) is 1.87. The summed E-state index contributed by atoms with van der Waals surface area (Å²) in [4.78, 5) is 9.82. The first-order valence-electron chi connectivity index (χ1n) is 5.94. The maximum absolute atomic E-state index is 13.7. The van der Waals surface area contributed by atoms with Crippen molar-refractivity contribution < 1.29 is 22.1 Å². The molecule has 1 aromatic carbocycles. The van der Waals surface area contributed by atoms with E-state index in [4.69, 9.17) is 0 Å².